The molecule has 1 aromatic carbocycles. The smallest absolute Gasteiger partial charge is 0.412 e. The van der Waals surface area contributed by atoms with Crippen LogP contribution in [-0.2, 0) is 20.7 Å². The van der Waals surface area contributed by atoms with Gasteiger partial charge in [0, 0.05) is 43.9 Å². The van der Waals surface area contributed by atoms with E-state index in [0.29, 0.717) is 18.4 Å². The minimum absolute atomic E-state index is 0.0236. The highest BCUT2D eigenvalue weighted by molar-refractivity contribution is 6.31. The van der Waals surface area contributed by atoms with Gasteiger partial charge in [0.25, 0.3) is 0 Å². The molecular weight excluding hydrogens is 491 g/mol. The van der Waals surface area contributed by atoms with Crippen molar-refractivity contribution in [2.45, 2.75) is 38.1 Å². The second kappa shape index (κ2) is 12.8. The van der Waals surface area contributed by atoms with E-state index < -0.39 is 23.9 Å². The average molecular weight is 517 g/mol. The number of amides is 2. The van der Waals surface area contributed by atoms with Crippen LogP contribution in [0.3, 0.4) is 0 Å². The maximum atomic E-state index is 13.7. The van der Waals surface area contributed by atoms with E-state index in [0.717, 1.165) is 10.8 Å². The summed E-state index contributed by atoms with van der Waals surface area (Å²) in [7, 11) is 1.56. The summed E-state index contributed by atoms with van der Waals surface area (Å²) in [6.07, 6.45) is 4.89. The van der Waals surface area contributed by atoms with Crippen molar-refractivity contribution < 1.29 is 28.6 Å². The molecule has 1 atom stereocenters. The number of likely N-dealkylation sites (N-methyl/N-ethyl adjacent to an activating group) is 1. The van der Waals surface area contributed by atoms with E-state index in [1.165, 1.54) is 17.0 Å². The van der Waals surface area contributed by atoms with Gasteiger partial charge in [0.05, 0.1) is 11.1 Å². The molecule has 0 radical (unpaired) electrons. The molecule has 2 heterocycles. The molecule has 0 aliphatic carbocycles. The second-order valence-corrected chi connectivity index (χ2v) is 8.55. The quantitative estimate of drug-likeness (QED) is 0.379. The number of carboxylic acids is 1. The molecule has 2 N–H and O–H groups in total. The van der Waals surface area contributed by atoms with Gasteiger partial charge in [0.2, 0.25) is 5.91 Å². The first kappa shape index (κ1) is 26.8. The zero-order valence-corrected chi connectivity index (χ0v) is 20.4. The number of fused-ring (bicyclic) bond motifs is 1. The molecule has 2 amide bonds. The predicted octanol–water partition coefficient (Wildman–Crippen LogP) is 4.69. The lowest BCUT2D eigenvalue weighted by molar-refractivity contribution is -0.137. The molecule has 0 spiro atoms. The SMILES string of the molecule is CN(C(=O)CCc1cccc(F)c1Cl)[C@@H](CCCC(=O)O)COC(=O)Nc1cc2ccncc2cn1. The van der Waals surface area contributed by atoms with E-state index in [-0.39, 0.29) is 42.6 Å². The number of hydrogen-bond acceptors (Lipinski definition) is 6. The molecule has 0 aliphatic rings. The van der Waals surface area contributed by atoms with Crippen LogP contribution in [0.25, 0.3) is 10.8 Å². The minimum atomic E-state index is -0.959. The van der Waals surface area contributed by atoms with E-state index in [4.69, 9.17) is 21.4 Å². The molecule has 3 rings (SSSR count). The number of benzene rings is 1. The third-order valence-corrected chi connectivity index (χ3v) is 6.09. The molecule has 0 fully saturated rings. The number of aromatic nitrogens is 2. The lowest BCUT2D eigenvalue weighted by Gasteiger charge is -2.28. The van der Waals surface area contributed by atoms with Crippen molar-refractivity contribution in [3.63, 3.8) is 0 Å². The van der Waals surface area contributed by atoms with Gasteiger partial charge in [-0.3, -0.25) is 19.9 Å². The number of nitrogens with one attached hydrogen (secondary N) is 1. The summed E-state index contributed by atoms with van der Waals surface area (Å²) in [6, 6.07) is 7.31. The highest BCUT2D eigenvalue weighted by Gasteiger charge is 2.22. The van der Waals surface area contributed by atoms with Crippen molar-refractivity contribution in [2.24, 2.45) is 0 Å². The molecule has 190 valence electrons. The van der Waals surface area contributed by atoms with Crippen molar-refractivity contribution >= 4 is 46.2 Å². The van der Waals surface area contributed by atoms with Crippen LogP contribution in [0.5, 0.6) is 0 Å². The fourth-order valence-electron chi connectivity index (χ4n) is 3.60. The van der Waals surface area contributed by atoms with Crippen LogP contribution in [0, 0.1) is 5.82 Å². The fourth-order valence-corrected chi connectivity index (χ4v) is 3.82. The number of rotatable bonds is 11. The molecule has 0 aliphatic heterocycles. The molecule has 0 saturated heterocycles. The molecule has 0 bridgehead atoms. The maximum absolute atomic E-state index is 13.7. The average Bonchev–Trinajstić information content (AvgIpc) is 2.86. The van der Waals surface area contributed by atoms with Crippen molar-refractivity contribution in [3.05, 3.63) is 65.3 Å². The molecule has 0 saturated carbocycles. The number of carboxylic acid groups (broad SMARTS) is 1. The largest absolute Gasteiger partial charge is 0.481 e. The number of anilines is 1. The van der Waals surface area contributed by atoms with Gasteiger partial charge in [0.1, 0.15) is 18.2 Å². The Labute approximate surface area is 212 Å². The summed E-state index contributed by atoms with van der Waals surface area (Å²) in [5.74, 6) is -1.50. The second-order valence-electron chi connectivity index (χ2n) is 8.17. The van der Waals surface area contributed by atoms with Gasteiger partial charge in [-0.15, -0.1) is 0 Å². The summed E-state index contributed by atoms with van der Waals surface area (Å²) in [6.45, 7) is -0.147. The molecule has 9 nitrogen and oxygen atoms in total. The number of carbonyl (C=O) groups excluding carboxylic acids is 2. The Kier molecular flexibility index (Phi) is 9.52. The van der Waals surface area contributed by atoms with Crippen LogP contribution in [0.1, 0.15) is 31.2 Å². The number of pyridine rings is 2. The normalized spacial score (nSPS) is 11.6. The highest BCUT2D eigenvalue weighted by Crippen LogP contribution is 2.22. The van der Waals surface area contributed by atoms with E-state index in [1.807, 2.05) is 0 Å². The van der Waals surface area contributed by atoms with Gasteiger partial charge in [-0.05, 0) is 48.4 Å². The zero-order chi connectivity index (χ0) is 26.1. The van der Waals surface area contributed by atoms with Gasteiger partial charge in [0.15, 0.2) is 0 Å². The van der Waals surface area contributed by atoms with Crippen LogP contribution in [0.15, 0.2) is 48.9 Å². The molecular formula is C25H26ClFN4O5. The van der Waals surface area contributed by atoms with E-state index in [2.05, 4.69) is 15.3 Å². The summed E-state index contributed by atoms with van der Waals surface area (Å²) >= 11 is 5.97. The summed E-state index contributed by atoms with van der Waals surface area (Å²) in [5.41, 5.74) is 0.509. The summed E-state index contributed by atoms with van der Waals surface area (Å²) in [5, 5.41) is 13.1. The molecule has 3 aromatic rings. The van der Waals surface area contributed by atoms with Gasteiger partial charge in [-0.2, -0.15) is 0 Å². The number of halogens is 2. The topological polar surface area (TPSA) is 122 Å². The van der Waals surface area contributed by atoms with Crippen molar-refractivity contribution in [2.75, 3.05) is 19.0 Å². The first-order valence-electron chi connectivity index (χ1n) is 11.3. The van der Waals surface area contributed by atoms with Crippen molar-refractivity contribution in [3.8, 4) is 0 Å². The third-order valence-electron chi connectivity index (χ3n) is 5.67. The maximum Gasteiger partial charge on any atom is 0.412 e. The molecule has 36 heavy (non-hydrogen) atoms. The van der Waals surface area contributed by atoms with Crippen molar-refractivity contribution in [1.82, 2.24) is 14.9 Å². The Morgan fingerprint density at radius 3 is 2.78 bits per heavy atom. The summed E-state index contributed by atoms with van der Waals surface area (Å²) in [4.78, 5) is 45.7. The molecule has 11 heteroatoms. The third kappa shape index (κ3) is 7.61. The number of hydrogen-bond donors (Lipinski definition) is 2. The number of nitrogens with zero attached hydrogens (tertiary/aromatic N) is 3. The Morgan fingerprint density at radius 1 is 1.19 bits per heavy atom. The predicted molar refractivity (Wildman–Crippen MR) is 132 cm³/mol. The van der Waals surface area contributed by atoms with Gasteiger partial charge >= 0.3 is 12.1 Å². The van der Waals surface area contributed by atoms with Crippen molar-refractivity contribution in [1.29, 1.82) is 0 Å². The standard InChI is InChI=1S/C25H26ClFN4O5/c1-31(22(32)9-8-16-4-2-6-20(27)24(16)26)19(5-3-7-23(33)34)15-36-25(35)30-21-12-17-10-11-28-13-18(17)14-29-21/h2,4,6,10-14,19H,3,5,7-9,15H2,1H3,(H,33,34)(H,29,30,35)/t19-/m0/s1. The Balaban J connectivity index is 1.59. The molecule has 0 unspecified atom stereocenters. The Bertz CT molecular complexity index is 1240. The summed E-state index contributed by atoms with van der Waals surface area (Å²) < 4.78 is 19.0. The highest BCUT2D eigenvalue weighted by atomic mass is 35.5. The monoisotopic (exact) mass is 516 g/mol. The van der Waals surface area contributed by atoms with Crippen LogP contribution >= 0.6 is 11.6 Å². The Morgan fingerprint density at radius 2 is 2.00 bits per heavy atom. The lowest BCUT2D eigenvalue weighted by Crippen LogP contribution is -2.41. The minimum Gasteiger partial charge on any atom is -0.481 e. The van der Waals surface area contributed by atoms with Gasteiger partial charge in [-0.1, -0.05) is 23.7 Å². The first-order chi connectivity index (χ1) is 17.2. The zero-order valence-electron chi connectivity index (χ0n) is 19.6. The van der Waals surface area contributed by atoms with E-state index in [9.17, 15) is 18.8 Å². The number of aryl methyl sites for hydroxylation is 1. The fraction of sp³-hybridized carbons (Fsp3) is 0.320. The number of aliphatic carboxylic acids is 1. The Hall–Kier alpha value is -3.79. The van der Waals surface area contributed by atoms with Crippen LogP contribution < -0.4 is 5.32 Å². The van der Waals surface area contributed by atoms with Gasteiger partial charge in [-0.25, -0.2) is 14.2 Å². The van der Waals surface area contributed by atoms with Crippen LogP contribution in [0.2, 0.25) is 5.02 Å². The number of ether oxygens (including phenoxy) is 1. The van der Waals surface area contributed by atoms with E-state index >= 15 is 0 Å². The van der Waals surface area contributed by atoms with Crippen LogP contribution in [-0.4, -0.2) is 57.6 Å². The molecule has 2 aromatic heterocycles. The number of carbonyl (C=O) groups is 3. The van der Waals surface area contributed by atoms with E-state index in [1.54, 1.807) is 43.8 Å². The lowest BCUT2D eigenvalue weighted by atomic mass is 10.1. The first-order valence-corrected chi connectivity index (χ1v) is 11.7. The van der Waals surface area contributed by atoms with Gasteiger partial charge < -0.3 is 14.7 Å². The van der Waals surface area contributed by atoms with Crippen LogP contribution in [0.4, 0.5) is 15.0 Å².